The van der Waals surface area contributed by atoms with Crippen LogP contribution in [0.1, 0.15) is 11.1 Å². The molecule has 1 heterocycles. The molecule has 3 rings (SSSR count). The first-order valence-electron chi connectivity index (χ1n) is 6.74. The lowest BCUT2D eigenvalue weighted by atomic mass is 10.1. The predicted molar refractivity (Wildman–Crippen MR) is 93.8 cm³/mol. The standard InChI is InChI=1S/C17H13ClN2OS/c1-11-4-2-5-12(8-11)9-15-16(21)20(17(22)19-15)14-7-3-6-13(18)10-14/h2-10H,1H3,(H,19,22)/b15-9-. The van der Waals surface area contributed by atoms with E-state index in [-0.39, 0.29) is 5.91 Å². The first-order chi connectivity index (χ1) is 10.5. The van der Waals surface area contributed by atoms with Gasteiger partial charge in [0.25, 0.3) is 5.91 Å². The number of benzene rings is 2. The average Bonchev–Trinajstić information content (AvgIpc) is 2.73. The number of thiocarbonyl (C=S) groups is 1. The van der Waals surface area contributed by atoms with Gasteiger partial charge in [0.05, 0.1) is 5.69 Å². The van der Waals surface area contributed by atoms with Gasteiger partial charge in [-0.1, -0.05) is 47.5 Å². The zero-order valence-corrected chi connectivity index (χ0v) is 13.4. The van der Waals surface area contributed by atoms with Gasteiger partial charge >= 0.3 is 0 Å². The third kappa shape index (κ3) is 2.89. The highest BCUT2D eigenvalue weighted by Crippen LogP contribution is 2.25. The Bertz CT molecular complexity index is 801. The quantitative estimate of drug-likeness (QED) is 0.670. The normalized spacial score (nSPS) is 16.3. The average molecular weight is 329 g/mol. The largest absolute Gasteiger partial charge is 0.327 e. The number of rotatable bonds is 2. The maximum Gasteiger partial charge on any atom is 0.281 e. The van der Waals surface area contributed by atoms with Crippen molar-refractivity contribution < 1.29 is 4.79 Å². The summed E-state index contributed by atoms with van der Waals surface area (Å²) < 4.78 is 0. The van der Waals surface area contributed by atoms with Crippen molar-refractivity contribution in [2.24, 2.45) is 0 Å². The number of carbonyl (C=O) groups excluding carboxylic acids is 1. The van der Waals surface area contributed by atoms with Gasteiger partial charge in [0, 0.05) is 5.02 Å². The summed E-state index contributed by atoms with van der Waals surface area (Å²) >= 11 is 11.3. The minimum absolute atomic E-state index is 0.186. The summed E-state index contributed by atoms with van der Waals surface area (Å²) in [4.78, 5) is 14.0. The van der Waals surface area contributed by atoms with Crippen LogP contribution in [-0.2, 0) is 4.79 Å². The summed E-state index contributed by atoms with van der Waals surface area (Å²) in [6.07, 6.45) is 1.80. The number of aryl methyl sites for hydroxylation is 1. The van der Waals surface area contributed by atoms with Gasteiger partial charge in [-0.3, -0.25) is 9.69 Å². The van der Waals surface area contributed by atoms with E-state index < -0.39 is 0 Å². The second-order valence-corrected chi connectivity index (χ2v) is 5.85. The minimum atomic E-state index is -0.186. The van der Waals surface area contributed by atoms with Crippen molar-refractivity contribution in [1.82, 2.24) is 5.32 Å². The van der Waals surface area contributed by atoms with Crippen molar-refractivity contribution in [3.8, 4) is 0 Å². The molecule has 1 amide bonds. The monoisotopic (exact) mass is 328 g/mol. The summed E-state index contributed by atoms with van der Waals surface area (Å²) in [5.41, 5.74) is 3.19. The fraction of sp³-hybridized carbons (Fsp3) is 0.0588. The number of amides is 1. The number of hydrogen-bond donors (Lipinski definition) is 1. The molecule has 0 unspecified atom stereocenters. The van der Waals surface area contributed by atoms with Crippen LogP contribution in [0, 0.1) is 6.92 Å². The first-order valence-corrected chi connectivity index (χ1v) is 7.52. The molecule has 0 atom stereocenters. The Hall–Kier alpha value is -2.17. The molecule has 0 radical (unpaired) electrons. The van der Waals surface area contributed by atoms with Crippen molar-refractivity contribution in [3.63, 3.8) is 0 Å². The minimum Gasteiger partial charge on any atom is -0.327 e. The van der Waals surface area contributed by atoms with Crippen LogP contribution < -0.4 is 10.2 Å². The summed E-state index contributed by atoms with van der Waals surface area (Å²) in [5, 5.41) is 3.88. The molecule has 1 fully saturated rings. The number of anilines is 1. The van der Waals surface area contributed by atoms with E-state index in [1.165, 1.54) is 4.90 Å². The molecule has 0 spiro atoms. The molecule has 0 aliphatic carbocycles. The van der Waals surface area contributed by atoms with E-state index in [0.717, 1.165) is 11.1 Å². The van der Waals surface area contributed by atoms with E-state index in [0.29, 0.717) is 21.5 Å². The third-order valence-electron chi connectivity index (χ3n) is 3.30. The Morgan fingerprint density at radius 2 is 1.95 bits per heavy atom. The highest BCUT2D eigenvalue weighted by molar-refractivity contribution is 7.80. The molecule has 0 bridgehead atoms. The zero-order chi connectivity index (χ0) is 15.7. The SMILES string of the molecule is Cc1cccc(/C=C2\NC(=S)N(c3cccc(Cl)c3)C2=O)c1. The number of carbonyl (C=O) groups is 1. The Balaban J connectivity index is 1.95. The van der Waals surface area contributed by atoms with E-state index in [2.05, 4.69) is 5.32 Å². The van der Waals surface area contributed by atoms with Gasteiger partial charge in [-0.25, -0.2) is 0 Å². The third-order valence-corrected chi connectivity index (χ3v) is 3.82. The van der Waals surface area contributed by atoms with Crippen LogP contribution in [-0.4, -0.2) is 11.0 Å². The first kappa shape index (κ1) is 14.8. The Morgan fingerprint density at radius 1 is 1.18 bits per heavy atom. The van der Waals surface area contributed by atoms with Gasteiger partial charge < -0.3 is 5.32 Å². The number of hydrogen-bond acceptors (Lipinski definition) is 2. The Morgan fingerprint density at radius 3 is 2.68 bits per heavy atom. The Labute approximate surface area is 139 Å². The summed E-state index contributed by atoms with van der Waals surface area (Å²) in [6, 6.07) is 15.0. The molecule has 5 heteroatoms. The summed E-state index contributed by atoms with van der Waals surface area (Å²) in [6.45, 7) is 2.01. The molecule has 2 aromatic carbocycles. The molecule has 2 aromatic rings. The summed E-state index contributed by atoms with van der Waals surface area (Å²) in [5.74, 6) is -0.186. The van der Waals surface area contributed by atoms with E-state index in [1.54, 1.807) is 30.3 Å². The van der Waals surface area contributed by atoms with E-state index in [1.807, 2.05) is 31.2 Å². The maximum atomic E-state index is 12.6. The van der Waals surface area contributed by atoms with Crippen molar-refractivity contribution >= 4 is 46.6 Å². The summed E-state index contributed by atoms with van der Waals surface area (Å²) in [7, 11) is 0. The van der Waals surface area contributed by atoms with Crippen LogP contribution in [0.15, 0.2) is 54.2 Å². The molecular formula is C17H13ClN2OS. The maximum absolute atomic E-state index is 12.6. The van der Waals surface area contributed by atoms with Crippen molar-refractivity contribution in [3.05, 3.63) is 70.4 Å². The van der Waals surface area contributed by atoms with Gasteiger partial charge in [0.2, 0.25) is 0 Å². The second kappa shape index (κ2) is 5.91. The van der Waals surface area contributed by atoms with Gasteiger partial charge in [-0.2, -0.15) is 0 Å². The van der Waals surface area contributed by atoms with Gasteiger partial charge in [-0.05, 0) is 49.0 Å². The molecule has 3 nitrogen and oxygen atoms in total. The second-order valence-electron chi connectivity index (χ2n) is 5.02. The predicted octanol–water partition coefficient (Wildman–Crippen LogP) is 3.91. The molecule has 1 N–H and O–H groups in total. The van der Waals surface area contributed by atoms with Crippen LogP contribution in [0.3, 0.4) is 0 Å². The van der Waals surface area contributed by atoms with Crippen molar-refractivity contribution in [2.45, 2.75) is 6.92 Å². The van der Waals surface area contributed by atoms with Crippen LogP contribution in [0.5, 0.6) is 0 Å². The van der Waals surface area contributed by atoms with E-state index in [4.69, 9.17) is 23.8 Å². The lowest BCUT2D eigenvalue weighted by Gasteiger charge is -2.13. The molecule has 110 valence electrons. The smallest absolute Gasteiger partial charge is 0.281 e. The molecule has 1 aliphatic heterocycles. The van der Waals surface area contributed by atoms with Gasteiger partial charge in [0.15, 0.2) is 5.11 Å². The fourth-order valence-corrected chi connectivity index (χ4v) is 2.79. The molecule has 0 aromatic heterocycles. The number of halogens is 1. The lowest BCUT2D eigenvalue weighted by molar-refractivity contribution is -0.113. The fourth-order valence-electron chi connectivity index (χ4n) is 2.31. The van der Waals surface area contributed by atoms with Crippen molar-refractivity contribution in [1.29, 1.82) is 0 Å². The number of nitrogens with zero attached hydrogens (tertiary/aromatic N) is 1. The van der Waals surface area contributed by atoms with Crippen LogP contribution in [0.2, 0.25) is 5.02 Å². The van der Waals surface area contributed by atoms with Crippen LogP contribution >= 0.6 is 23.8 Å². The van der Waals surface area contributed by atoms with Gasteiger partial charge in [0.1, 0.15) is 5.70 Å². The number of nitrogens with one attached hydrogen (secondary N) is 1. The lowest BCUT2D eigenvalue weighted by Crippen LogP contribution is -2.30. The molecule has 1 aliphatic rings. The van der Waals surface area contributed by atoms with Crippen LogP contribution in [0.25, 0.3) is 6.08 Å². The Kier molecular flexibility index (Phi) is 3.96. The molecule has 22 heavy (non-hydrogen) atoms. The highest BCUT2D eigenvalue weighted by Gasteiger charge is 2.31. The highest BCUT2D eigenvalue weighted by atomic mass is 35.5. The zero-order valence-electron chi connectivity index (χ0n) is 11.8. The van der Waals surface area contributed by atoms with E-state index in [9.17, 15) is 4.79 Å². The topological polar surface area (TPSA) is 32.3 Å². The van der Waals surface area contributed by atoms with Crippen molar-refractivity contribution in [2.75, 3.05) is 4.90 Å². The van der Waals surface area contributed by atoms with E-state index >= 15 is 0 Å². The molecule has 0 saturated carbocycles. The molecule has 1 saturated heterocycles. The van der Waals surface area contributed by atoms with Crippen LogP contribution in [0.4, 0.5) is 5.69 Å². The molecular weight excluding hydrogens is 316 g/mol. The van der Waals surface area contributed by atoms with Gasteiger partial charge in [-0.15, -0.1) is 0 Å².